The van der Waals surface area contributed by atoms with Crippen molar-refractivity contribution >= 4 is 74.9 Å². The second kappa shape index (κ2) is 15.7. The SMILES string of the molecule is O=S(=O)(O)C(=C(c1ccc(Nc2nccc(Oc3ccc4ccccc4c3)n2)cc1)S(=O)(=O)O)c1ccc(Nc2nccc(Oc3ccc4ccccc4c3)n2)cc1. The summed E-state index contributed by atoms with van der Waals surface area (Å²) in [7, 11) is -10.5. The molecule has 6 aromatic carbocycles. The monoisotopic (exact) mass is 810 g/mol. The van der Waals surface area contributed by atoms with E-state index in [-0.39, 0.29) is 34.8 Å². The third-order valence-electron chi connectivity index (χ3n) is 8.68. The van der Waals surface area contributed by atoms with Gasteiger partial charge in [-0.3, -0.25) is 9.11 Å². The van der Waals surface area contributed by atoms with Crippen molar-refractivity contribution in [3.05, 3.63) is 169 Å². The number of hydrogen-bond acceptors (Lipinski definition) is 12. The average molecular weight is 811 g/mol. The number of hydrogen-bond donors (Lipinski definition) is 4. The molecule has 16 heteroatoms. The van der Waals surface area contributed by atoms with Gasteiger partial charge in [-0.15, -0.1) is 0 Å². The van der Waals surface area contributed by atoms with Crippen LogP contribution in [0.4, 0.5) is 23.3 Å². The molecule has 288 valence electrons. The summed E-state index contributed by atoms with van der Waals surface area (Å²) in [5.74, 6) is 1.96. The fraction of sp³-hybridized carbons (Fsp3) is 0. The molecule has 0 atom stereocenters. The predicted octanol–water partition coefficient (Wildman–Crippen LogP) is 9.25. The first-order valence-corrected chi connectivity index (χ1v) is 20.3. The number of nitrogens with zero attached hydrogens (tertiary/aromatic N) is 4. The van der Waals surface area contributed by atoms with Crippen molar-refractivity contribution in [1.29, 1.82) is 0 Å². The van der Waals surface area contributed by atoms with Gasteiger partial charge in [-0.2, -0.15) is 26.8 Å². The van der Waals surface area contributed by atoms with Crippen LogP contribution in [0.25, 0.3) is 31.4 Å². The predicted molar refractivity (Wildman–Crippen MR) is 221 cm³/mol. The second-order valence-corrected chi connectivity index (χ2v) is 15.4. The number of aromatic nitrogens is 4. The van der Waals surface area contributed by atoms with E-state index >= 15 is 0 Å². The number of ether oxygens (including phenoxy) is 2. The largest absolute Gasteiger partial charge is 0.439 e. The maximum atomic E-state index is 12.8. The van der Waals surface area contributed by atoms with Crippen molar-refractivity contribution in [3.63, 3.8) is 0 Å². The van der Waals surface area contributed by atoms with Crippen molar-refractivity contribution in [3.8, 4) is 23.3 Å². The maximum Gasteiger partial charge on any atom is 0.296 e. The van der Waals surface area contributed by atoms with Gasteiger partial charge in [0.15, 0.2) is 0 Å². The summed E-state index contributed by atoms with van der Waals surface area (Å²) >= 11 is 0. The quantitative estimate of drug-likeness (QED) is 0.0671. The molecule has 0 spiro atoms. The van der Waals surface area contributed by atoms with Crippen LogP contribution in [0.3, 0.4) is 0 Å². The lowest BCUT2D eigenvalue weighted by atomic mass is 10.1. The van der Waals surface area contributed by atoms with Crippen LogP contribution in [0.1, 0.15) is 11.1 Å². The Morgan fingerprint density at radius 1 is 0.466 bits per heavy atom. The molecule has 2 aromatic heterocycles. The maximum absolute atomic E-state index is 12.8. The molecule has 0 fully saturated rings. The summed E-state index contributed by atoms with van der Waals surface area (Å²) in [6.45, 7) is 0. The van der Waals surface area contributed by atoms with Crippen LogP contribution >= 0.6 is 0 Å². The zero-order valence-electron chi connectivity index (χ0n) is 30.0. The van der Waals surface area contributed by atoms with E-state index in [4.69, 9.17) is 9.47 Å². The summed E-state index contributed by atoms with van der Waals surface area (Å²) in [6.07, 6.45) is 2.98. The highest BCUT2D eigenvalue weighted by atomic mass is 32.2. The van der Waals surface area contributed by atoms with Crippen molar-refractivity contribution in [2.24, 2.45) is 0 Å². The molecular weight excluding hydrogens is 781 g/mol. The van der Waals surface area contributed by atoms with Crippen molar-refractivity contribution in [2.45, 2.75) is 0 Å². The lowest BCUT2D eigenvalue weighted by Gasteiger charge is -2.14. The molecule has 0 aliphatic heterocycles. The lowest BCUT2D eigenvalue weighted by Crippen LogP contribution is -2.11. The highest BCUT2D eigenvalue weighted by Crippen LogP contribution is 2.36. The van der Waals surface area contributed by atoms with E-state index in [2.05, 4.69) is 30.6 Å². The Morgan fingerprint density at radius 3 is 1.22 bits per heavy atom. The van der Waals surface area contributed by atoms with Crippen LogP contribution in [-0.2, 0) is 20.2 Å². The van der Waals surface area contributed by atoms with Gasteiger partial charge in [-0.05, 0) is 81.2 Å². The van der Waals surface area contributed by atoms with Crippen LogP contribution in [0, 0.1) is 0 Å². The molecule has 4 N–H and O–H groups in total. The summed E-state index contributed by atoms with van der Waals surface area (Å²) in [5, 5.41) is 10.1. The second-order valence-electron chi connectivity index (χ2n) is 12.7. The molecule has 8 rings (SSSR count). The van der Waals surface area contributed by atoms with Gasteiger partial charge in [0, 0.05) is 35.9 Å². The summed E-state index contributed by atoms with van der Waals surface area (Å²) in [5.41, 5.74) is 0.320. The van der Waals surface area contributed by atoms with Crippen molar-refractivity contribution in [1.82, 2.24) is 19.9 Å². The fourth-order valence-electron chi connectivity index (χ4n) is 6.08. The molecule has 14 nitrogen and oxygen atoms in total. The normalized spacial score (nSPS) is 12.2. The minimum absolute atomic E-state index is 0.151. The summed E-state index contributed by atoms with van der Waals surface area (Å²) in [6, 6.07) is 40.8. The highest BCUT2D eigenvalue weighted by molar-refractivity contribution is 8.01. The number of rotatable bonds is 12. The van der Waals surface area contributed by atoms with E-state index in [1.54, 1.807) is 12.1 Å². The number of anilines is 4. The van der Waals surface area contributed by atoms with Gasteiger partial charge in [0.25, 0.3) is 20.2 Å². The third kappa shape index (κ3) is 8.75. The van der Waals surface area contributed by atoms with Gasteiger partial charge >= 0.3 is 0 Å². The molecule has 0 bridgehead atoms. The van der Waals surface area contributed by atoms with E-state index in [0.717, 1.165) is 21.5 Å². The van der Waals surface area contributed by atoms with Crippen LogP contribution in [0.5, 0.6) is 23.3 Å². The number of fused-ring (bicyclic) bond motifs is 2. The first kappa shape index (κ1) is 37.7. The van der Waals surface area contributed by atoms with Gasteiger partial charge < -0.3 is 20.1 Å². The number of nitrogens with one attached hydrogen (secondary N) is 2. The topological polar surface area (TPSA) is 203 Å². The molecule has 58 heavy (non-hydrogen) atoms. The smallest absolute Gasteiger partial charge is 0.296 e. The van der Waals surface area contributed by atoms with Crippen LogP contribution in [0.2, 0.25) is 0 Å². The summed E-state index contributed by atoms with van der Waals surface area (Å²) < 4.78 is 83.7. The molecule has 0 radical (unpaired) electrons. The Labute approximate surface area is 332 Å². The Morgan fingerprint density at radius 2 is 0.845 bits per heavy atom. The van der Waals surface area contributed by atoms with Crippen LogP contribution < -0.4 is 20.1 Å². The Bertz CT molecular complexity index is 2870. The molecule has 0 aliphatic carbocycles. The molecule has 0 saturated heterocycles. The molecule has 0 aliphatic rings. The van der Waals surface area contributed by atoms with Crippen LogP contribution in [0.15, 0.2) is 158 Å². The Balaban J connectivity index is 1.01. The van der Waals surface area contributed by atoms with Gasteiger partial charge in [0.2, 0.25) is 23.7 Å². The van der Waals surface area contributed by atoms with E-state index in [1.807, 2.05) is 84.9 Å². The van der Waals surface area contributed by atoms with E-state index in [1.165, 1.54) is 60.9 Å². The zero-order valence-corrected chi connectivity index (χ0v) is 31.6. The van der Waals surface area contributed by atoms with Crippen molar-refractivity contribution < 1.29 is 35.4 Å². The van der Waals surface area contributed by atoms with E-state index in [0.29, 0.717) is 22.9 Å². The average Bonchev–Trinajstić information content (AvgIpc) is 3.20. The first-order chi connectivity index (χ1) is 27.9. The highest BCUT2D eigenvalue weighted by Gasteiger charge is 2.30. The van der Waals surface area contributed by atoms with Crippen molar-refractivity contribution in [2.75, 3.05) is 10.6 Å². The van der Waals surface area contributed by atoms with Gasteiger partial charge in [0.05, 0.1) is 0 Å². The van der Waals surface area contributed by atoms with Crippen LogP contribution in [-0.4, -0.2) is 45.9 Å². The fourth-order valence-corrected chi connectivity index (χ4v) is 8.29. The Hall–Kier alpha value is -7.24. The molecular formula is C42H30N6O8S2. The summed E-state index contributed by atoms with van der Waals surface area (Å²) in [4.78, 5) is 15.1. The van der Waals surface area contributed by atoms with E-state index in [9.17, 15) is 25.9 Å². The standard InChI is InChI=1S/C42H30N6O8S2/c49-57(50,51)39(29-9-15-33(16-10-29)45-41-43-23-21-37(47-41)55-35-19-13-27-5-1-3-7-31(27)25-35)40(58(52,53)54)30-11-17-34(18-12-30)46-42-44-24-22-38(48-42)56-36-20-14-28-6-2-4-8-32(28)26-36/h1-26H,(H,43,45,47)(H,44,46,48)(H,49,50,51)(H,52,53,54). The minimum atomic E-state index is -5.24. The molecule has 8 aromatic rings. The molecule has 2 heterocycles. The third-order valence-corrected chi connectivity index (χ3v) is 10.7. The van der Waals surface area contributed by atoms with Gasteiger partial charge in [-0.25, -0.2) is 9.97 Å². The van der Waals surface area contributed by atoms with Gasteiger partial charge in [0.1, 0.15) is 21.3 Å². The zero-order chi connectivity index (χ0) is 40.3. The number of benzene rings is 6. The minimum Gasteiger partial charge on any atom is -0.439 e. The van der Waals surface area contributed by atoms with Gasteiger partial charge in [-0.1, -0.05) is 84.9 Å². The Kier molecular flexibility index (Phi) is 10.2. The molecule has 0 amide bonds. The first-order valence-electron chi connectivity index (χ1n) is 17.4. The lowest BCUT2D eigenvalue weighted by molar-refractivity contribution is 0.463. The van der Waals surface area contributed by atoms with E-state index < -0.39 is 30.0 Å². The molecule has 0 saturated carbocycles. The molecule has 0 unspecified atom stereocenters.